The van der Waals surface area contributed by atoms with Crippen LogP contribution in [0, 0.1) is 0 Å². The molecular weight excluding hydrogens is 356 g/mol. The highest BCUT2D eigenvalue weighted by molar-refractivity contribution is 5.80. The van der Waals surface area contributed by atoms with Gasteiger partial charge in [-0.15, -0.1) is 0 Å². The SMILES string of the molecule is CN=C(NCc1cccc(OC(C)C)c1)N1CC[C@@H](NC(=O)OC(C)(C)C)C1. The number of hydrogen-bond acceptors (Lipinski definition) is 4. The van der Waals surface area contributed by atoms with Crippen molar-refractivity contribution >= 4 is 12.1 Å². The van der Waals surface area contributed by atoms with E-state index in [9.17, 15) is 4.79 Å². The van der Waals surface area contributed by atoms with Gasteiger partial charge in [0.05, 0.1) is 12.1 Å². The van der Waals surface area contributed by atoms with Crippen molar-refractivity contribution < 1.29 is 14.3 Å². The molecule has 7 nitrogen and oxygen atoms in total. The Bertz CT molecular complexity index is 682. The summed E-state index contributed by atoms with van der Waals surface area (Å²) in [5.74, 6) is 1.69. The number of carbonyl (C=O) groups excluding carboxylic acids is 1. The van der Waals surface area contributed by atoms with Gasteiger partial charge in [0.25, 0.3) is 0 Å². The van der Waals surface area contributed by atoms with Crippen molar-refractivity contribution in [2.24, 2.45) is 4.99 Å². The zero-order valence-corrected chi connectivity index (χ0v) is 17.9. The molecule has 0 aromatic heterocycles. The standard InChI is InChI=1S/C21H34N4O3/c1-15(2)27-18-9-7-8-16(12-18)13-23-19(22-6)25-11-10-17(14-25)24-20(26)28-21(3,4)5/h7-9,12,15,17H,10-11,13-14H2,1-6H3,(H,22,23)(H,24,26)/t17-/m1/s1. The average molecular weight is 391 g/mol. The minimum atomic E-state index is -0.492. The quantitative estimate of drug-likeness (QED) is 0.597. The Balaban J connectivity index is 1.85. The van der Waals surface area contributed by atoms with E-state index in [1.54, 1.807) is 7.05 Å². The molecule has 0 radical (unpaired) electrons. The highest BCUT2D eigenvalue weighted by Crippen LogP contribution is 2.16. The normalized spacial score (nSPS) is 17.6. The van der Waals surface area contributed by atoms with Crippen molar-refractivity contribution in [2.75, 3.05) is 20.1 Å². The Kier molecular flexibility index (Phi) is 7.54. The maximum atomic E-state index is 12.0. The molecule has 156 valence electrons. The first-order valence-electron chi connectivity index (χ1n) is 9.87. The van der Waals surface area contributed by atoms with Gasteiger partial charge in [-0.1, -0.05) is 12.1 Å². The van der Waals surface area contributed by atoms with E-state index in [2.05, 4.69) is 26.6 Å². The van der Waals surface area contributed by atoms with Gasteiger partial charge in [0.15, 0.2) is 5.96 Å². The first kappa shape index (κ1) is 21.9. The van der Waals surface area contributed by atoms with Crippen LogP contribution in [0.4, 0.5) is 4.79 Å². The third-order valence-electron chi connectivity index (χ3n) is 4.14. The molecule has 7 heteroatoms. The number of alkyl carbamates (subject to hydrolysis) is 1. The minimum Gasteiger partial charge on any atom is -0.491 e. The molecule has 0 unspecified atom stereocenters. The fourth-order valence-corrected chi connectivity index (χ4v) is 3.06. The van der Waals surface area contributed by atoms with Gasteiger partial charge in [-0.25, -0.2) is 4.79 Å². The molecule has 0 aliphatic carbocycles. The summed E-state index contributed by atoms with van der Waals surface area (Å²) in [6.07, 6.45) is 0.636. The summed E-state index contributed by atoms with van der Waals surface area (Å²) >= 11 is 0. The highest BCUT2D eigenvalue weighted by Gasteiger charge is 2.27. The van der Waals surface area contributed by atoms with Crippen LogP contribution in [-0.2, 0) is 11.3 Å². The molecule has 1 amide bonds. The fraction of sp³-hybridized carbons (Fsp3) is 0.619. The molecular formula is C21H34N4O3. The lowest BCUT2D eigenvalue weighted by Crippen LogP contribution is -2.44. The molecule has 1 aromatic rings. The number of likely N-dealkylation sites (tertiary alicyclic amines) is 1. The van der Waals surface area contributed by atoms with E-state index < -0.39 is 5.60 Å². The van der Waals surface area contributed by atoms with Crippen LogP contribution in [0.3, 0.4) is 0 Å². The number of nitrogens with one attached hydrogen (secondary N) is 2. The van der Waals surface area contributed by atoms with E-state index in [1.165, 1.54) is 0 Å². The zero-order valence-electron chi connectivity index (χ0n) is 17.9. The van der Waals surface area contributed by atoms with Crippen molar-refractivity contribution in [1.82, 2.24) is 15.5 Å². The van der Waals surface area contributed by atoms with Gasteiger partial charge in [-0.05, 0) is 58.7 Å². The summed E-state index contributed by atoms with van der Waals surface area (Å²) in [7, 11) is 1.77. The number of nitrogens with zero attached hydrogens (tertiary/aromatic N) is 2. The van der Waals surface area contributed by atoms with E-state index >= 15 is 0 Å². The van der Waals surface area contributed by atoms with Gasteiger partial charge in [-0.3, -0.25) is 4.99 Å². The number of hydrogen-bond donors (Lipinski definition) is 2. The van der Waals surface area contributed by atoms with Crippen molar-refractivity contribution in [3.63, 3.8) is 0 Å². The van der Waals surface area contributed by atoms with Crippen LogP contribution >= 0.6 is 0 Å². The highest BCUT2D eigenvalue weighted by atomic mass is 16.6. The lowest BCUT2D eigenvalue weighted by atomic mass is 10.2. The van der Waals surface area contributed by atoms with Gasteiger partial charge in [-0.2, -0.15) is 0 Å². The number of aliphatic imine (C=N–C) groups is 1. The molecule has 1 atom stereocenters. The molecule has 1 aromatic carbocycles. The molecule has 1 fully saturated rings. The van der Waals surface area contributed by atoms with Crippen molar-refractivity contribution in [3.8, 4) is 5.75 Å². The smallest absolute Gasteiger partial charge is 0.407 e. The average Bonchev–Trinajstić information content (AvgIpc) is 3.01. The second-order valence-corrected chi connectivity index (χ2v) is 8.29. The van der Waals surface area contributed by atoms with Crippen LogP contribution in [0.25, 0.3) is 0 Å². The predicted octanol–water partition coefficient (Wildman–Crippen LogP) is 3.15. The van der Waals surface area contributed by atoms with Crippen LogP contribution < -0.4 is 15.4 Å². The largest absolute Gasteiger partial charge is 0.491 e. The molecule has 2 N–H and O–H groups in total. The topological polar surface area (TPSA) is 75.2 Å². The van der Waals surface area contributed by atoms with Gasteiger partial charge >= 0.3 is 6.09 Å². The number of carbonyl (C=O) groups is 1. The molecule has 0 spiro atoms. The van der Waals surface area contributed by atoms with Gasteiger partial charge in [0.1, 0.15) is 11.4 Å². The summed E-state index contributed by atoms with van der Waals surface area (Å²) in [5, 5.41) is 6.34. The van der Waals surface area contributed by atoms with Gasteiger partial charge in [0, 0.05) is 26.7 Å². The molecule has 0 saturated carbocycles. The predicted molar refractivity (Wildman–Crippen MR) is 112 cm³/mol. The fourth-order valence-electron chi connectivity index (χ4n) is 3.06. The summed E-state index contributed by atoms with van der Waals surface area (Å²) < 4.78 is 11.1. The van der Waals surface area contributed by atoms with Crippen molar-refractivity contribution in [3.05, 3.63) is 29.8 Å². The maximum absolute atomic E-state index is 12.0. The van der Waals surface area contributed by atoms with Gasteiger partial charge in [0.2, 0.25) is 0 Å². The summed E-state index contributed by atoms with van der Waals surface area (Å²) in [4.78, 5) is 18.5. The number of benzene rings is 1. The van der Waals surface area contributed by atoms with Crippen LogP contribution in [-0.4, -0.2) is 54.8 Å². The summed E-state index contributed by atoms with van der Waals surface area (Å²) in [6.45, 7) is 11.8. The maximum Gasteiger partial charge on any atom is 0.407 e. The van der Waals surface area contributed by atoms with Crippen LogP contribution in [0.1, 0.15) is 46.6 Å². The number of guanidine groups is 1. The molecule has 1 heterocycles. The Morgan fingerprint density at radius 3 is 2.75 bits per heavy atom. The Labute approximate surface area is 168 Å². The van der Waals surface area contributed by atoms with E-state index in [0.29, 0.717) is 13.1 Å². The zero-order chi connectivity index (χ0) is 20.7. The van der Waals surface area contributed by atoms with Gasteiger partial charge < -0.3 is 25.0 Å². The molecule has 2 rings (SSSR count). The molecule has 1 aliphatic rings. The molecule has 1 aliphatic heterocycles. The number of rotatable bonds is 5. The number of amides is 1. The van der Waals surface area contributed by atoms with Crippen LogP contribution in [0.5, 0.6) is 5.75 Å². The van der Waals surface area contributed by atoms with Crippen molar-refractivity contribution in [1.29, 1.82) is 0 Å². The second-order valence-electron chi connectivity index (χ2n) is 8.29. The molecule has 1 saturated heterocycles. The third kappa shape index (κ3) is 7.29. The van der Waals surface area contributed by atoms with E-state index in [4.69, 9.17) is 9.47 Å². The van der Waals surface area contributed by atoms with E-state index in [-0.39, 0.29) is 18.2 Å². The Morgan fingerprint density at radius 2 is 2.11 bits per heavy atom. The molecule has 28 heavy (non-hydrogen) atoms. The van der Waals surface area contributed by atoms with Crippen molar-refractivity contribution in [2.45, 2.75) is 65.3 Å². The summed E-state index contributed by atoms with van der Waals surface area (Å²) in [5.41, 5.74) is 0.635. The monoisotopic (exact) mass is 390 g/mol. The second kappa shape index (κ2) is 9.66. The van der Waals surface area contributed by atoms with E-state index in [0.717, 1.165) is 30.2 Å². The first-order valence-corrected chi connectivity index (χ1v) is 9.87. The summed E-state index contributed by atoms with van der Waals surface area (Å²) in [6, 6.07) is 8.11. The molecule has 0 bridgehead atoms. The Morgan fingerprint density at radius 1 is 1.36 bits per heavy atom. The Hall–Kier alpha value is -2.44. The van der Waals surface area contributed by atoms with Crippen LogP contribution in [0.15, 0.2) is 29.3 Å². The lowest BCUT2D eigenvalue weighted by Gasteiger charge is -2.23. The lowest BCUT2D eigenvalue weighted by molar-refractivity contribution is 0.0507. The van der Waals surface area contributed by atoms with Crippen LogP contribution in [0.2, 0.25) is 0 Å². The van der Waals surface area contributed by atoms with E-state index in [1.807, 2.05) is 52.8 Å². The third-order valence-corrected chi connectivity index (χ3v) is 4.14. The first-order chi connectivity index (χ1) is 13.2. The number of ether oxygens (including phenoxy) is 2. The minimum absolute atomic E-state index is 0.0520.